The molecule has 144 valence electrons. The number of rotatable bonds is 5. The van der Waals surface area contributed by atoms with E-state index in [2.05, 4.69) is 70.7 Å². The number of hydrogen-bond donors (Lipinski definition) is 1. The summed E-state index contributed by atoms with van der Waals surface area (Å²) in [7, 11) is 0. The van der Waals surface area contributed by atoms with E-state index < -0.39 is 0 Å². The van der Waals surface area contributed by atoms with E-state index >= 15 is 0 Å². The highest BCUT2D eigenvalue weighted by Gasteiger charge is 2.27. The Morgan fingerprint density at radius 1 is 1.00 bits per heavy atom. The molecule has 1 amide bonds. The van der Waals surface area contributed by atoms with E-state index in [1.165, 1.54) is 16.3 Å². The number of nitrogens with two attached hydrogens (primary N) is 1. The van der Waals surface area contributed by atoms with E-state index in [4.69, 9.17) is 0 Å². The zero-order valence-electron chi connectivity index (χ0n) is 16.3. The molecule has 1 atom stereocenters. The standard InChI is InChI=1S/C23H26N4O/c1-18(20-10-6-8-19-7-2-3-9-21(19)20)25-17-23(28)27-15-13-26(14-16-27)22-11-4-5-12-24-22/h2-12,18,25H,13-17H2,1H3/p+2/t18-/m1/s1. The fraction of sp³-hybridized carbons (Fsp3) is 0.304. The number of benzene rings is 2. The Labute approximate surface area is 166 Å². The number of carbonyl (C=O) groups excluding carboxylic acids is 1. The molecular formula is C23H28N4O+2. The number of carbonyl (C=O) groups is 1. The van der Waals surface area contributed by atoms with Crippen LogP contribution in [0.2, 0.25) is 0 Å². The maximum absolute atomic E-state index is 12.7. The number of aromatic nitrogens is 1. The van der Waals surface area contributed by atoms with E-state index in [-0.39, 0.29) is 11.9 Å². The minimum absolute atomic E-state index is 0.226. The van der Waals surface area contributed by atoms with Gasteiger partial charge in [0.2, 0.25) is 0 Å². The SMILES string of the molecule is C[C@@H]([NH2+]CC(=O)N1CCN(c2cccc[nH+]2)CC1)c1cccc2ccccc12. The second-order valence-electron chi connectivity index (χ2n) is 7.41. The molecule has 0 radical (unpaired) electrons. The number of hydrogen-bond acceptors (Lipinski definition) is 2. The highest BCUT2D eigenvalue weighted by molar-refractivity contribution is 5.86. The van der Waals surface area contributed by atoms with Crippen LogP contribution in [0.3, 0.4) is 0 Å². The van der Waals surface area contributed by atoms with Crippen molar-refractivity contribution in [2.45, 2.75) is 13.0 Å². The molecule has 1 aliphatic rings. The summed E-state index contributed by atoms with van der Waals surface area (Å²) in [4.78, 5) is 20.3. The molecule has 4 rings (SSSR count). The van der Waals surface area contributed by atoms with Crippen molar-refractivity contribution in [1.29, 1.82) is 0 Å². The Balaban J connectivity index is 1.32. The van der Waals surface area contributed by atoms with Crippen molar-refractivity contribution in [1.82, 2.24) is 4.90 Å². The molecule has 0 saturated carbocycles. The predicted molar refractivity (Wildman–Crippen MR) is 111 cm³/mol. The number of aromatic amines is 1. The highest BCUT2D eigenvalue weighted by atomic mass is 16.2. The maximum Gasteiger partial charge on any atom is 0.277 e. The molecule has 1 saturated heterocycles. The van der Waals surface area contributed by atoms with Gasteiger partial charge in [0, 0.05) is 11.6 Å². The Morgan fingerprint density at radius 3 is 2.54 bits per heavy atom. The van der Waals surface area contributed by atoms with Gasteiger partial charge in [-0.25, -0.2) is 4.98 Å². The van der Waals surface area contributed by atoms with E-state index in [1.54, 1.807) is 0 Å². The summed E-state index contributed by atoms with van der Waals surface area (Å²) in [6.45, 7) is 5.95. The molecule has 0 aliphatic carbocycles. The van der Waals surface area contributed by atoms with Crippen LogP contribution < -0.4 is 15.2 Å². The highest BCUT2D eigenvalue weighted by Crippen LogP contribution is 2.22. The largest absolute Gasteiger partial charge is 0.332 e. The average Bonchev–Trinajstić information content (AvgIpc) is 2.77. The summed E-state index contributed by atoms with van der Waals surface area (Å²) in [6, 6.07) is 21.2. The van der Waals surface area contributed by atoms with Gasteiger partial charge in [0.25, 0.3) is 11.7 Å². The third-order valence-electron chi connectivity index (χ3n) is 5.63. The zero-order valence-corrected chi connectivity index (χ0v) is 16.3. The van der Waals surface area contributed by atoms with Crippen LogP contribution in [0.15, 0.2) is 66.9 Å². The molecule has 2 aromatic carbocycles. The lowest BCUT2D eigenvalue weighted by molar-refractivity contribution is -0.682. The first-order chi connectivity index (χ1) is 13.7. The van der Waals surface area contributed by atoms with Crippen molar-refractivity contribution in [3.63, 3.8) is 0 Å². The molecule has 5 nitrogen and oxygen atoms in total. The first kappa shape index (κ1) is 18.4. The van der Waals surface area contributed by atoms with E-state index in [1.807, 2.05) is 23.2 Å². The van der Waals surface area contributed by atoms with Gasteiger partial charge in [0.1, 0.15) is 19.1 Å². The Bertz CT molecular complexity index is 930. The first-order valence-electron chi connectivity index (χ1n) is 10.0. The maximum atomic E-state index is 12.7. The Kier molecular flexibility index (Phi) is 5.53. The van der Waals surface area contributed by atoms with Crippen molar-refractivity contribution < 1.29 is 15.1 Å². The van der Waals surface area contributed by atoms with E-state index in [9.17, 15) is 4.79 Å². The quantitative estimate of drug-likeness (QED) is 0.736. The summed E-state index contributed by atoms with van der Waals surface area (Å²) >= 11 is 0. The van der Waals surface area contributed by atoms with Crippen LogP contribution >= 0.6 is 0 Å². The number of amides is 1. The fourth-order valence-corrected chi connectivity index (χ4v) is 3.96. The van der Waals surface area contributed by atoms with Crippen LogP contribution in [-0.4, -0.2) is 43.5 Å². The van der Waals surface area contributed by atoms with Gasteiger partial charge >= 0.3 is 0 Å². The lowest BCUT2D eigenvalue weighted by Crippen LogP contribution is -2.87. The number of nitrogens with one attached hydrogen (secondary N) is 1. The van der Waals surface area contributed by atoms with Crippen LogP contribution in [0.5, 0.6) is 0 Å². The van der Waals surface area contributed by atoms with Crippen LogP contribution in [0.1, 0.15) is 18.5 Å². The predicted octanol–water partition coefficient (Wildman–Crippen LogP) is 1.63. The number of anilines is 1. The molecule has 1 fully saturated rings. The monoisotopic (exact) mass is 376 g/mol. The third-order valence-corrected chi connectivity index (χ3v) is 5.63. The molecule has 28 heavy (non-hydrogen) atoms. The third kappa shape index (κ3) is 3.99. The molecule has 0 bridgehead atoms. The van der Waals surface area contributed by atoms with Gasteiger partial charge in [-0.2, -0.15) is 0 Å². The second-order valence-corrected chi connectivity index (χ2v) is 7.41. The topological polar surface area (TPSA) is 54.3 Å². The van der Waals surface area contributed by atoms with Crippen molar-refractivity contribution in [2.75, 3.05) is 37.6 Å². The van der Waals surface area contributed by atoms with Gasteiger partial charge in [-0.3, -0.25) is 9.69 Å². The lowest BCUT2D eigenvalue weighted by atomic mass is 10.00. The molecule has 0 unspecified atom stereocenters. The summed E-state index contributed by atoms with van der Waals surface area (Å²) in [5.41, 5.74) is 1.29. The van der Waals surface area contributed by atoms with E-state index in [0.29, 0.717) is 6.54 Å². The number of pyridine rings is 1. The van der Waals surface area contributed by atoms with Crippen molar-refractivity contribution in [2.24, 2.45) is 0 Å². The molecule has 3 aromatic rings. The summed E-state index contributed by atoms with van der Waals surface area (Å²) in [6.07, 6.45) is 1.94. The van der Waals surface area contributed by atoms with Gasteiger partial charge in [0.05, 0.1) is 19.3 Å². The van der Waals surface area contributed by atoms with E-state index in [0.717, 1.165) is 32.0 Å². The number of nitrogens with zero attached hydrogens (tertiary/aromatic N) is 2. The molecule has 0 spiro atoms. The van der Waals surface area contributed by atoms with Gasteiger partial charge in [-0.05, 0) is 23.8 Å². The minimum Gasteiger partial charge on any atom is -0.332 e. The van der Waals surface area contributed by atoms with Gasteiger partial charge in [-0.1, -0.05) is 48.5 Å². The average molecular weight is 377 g/mol. The lowest BCUT2D eigenvalue weighted by Gasteiger charge is -2.30. The van der Waals surface area contributed by atoms with Gasteiger partial charge < -0.3 is 10.2 Å². The van der Waals surface area contributed by atoms with Crippen molar-refractivity contribution in [3.05, 3.63) is 72.4 Å². The van der Waals surface area contributed by atoms with Crippen LogP contribution in [-0.2, 0) is 4.79 Å². The fourth-order valence-electron chi connectivity index (χ4n) is 3.96. The summed E-state index contributed by atoms with van der Waals surface area (Å²) in [5, 5.41) is 4.68. The molecule has 1 aromatic heterocycles. The van der Waals surface area contributed by atoms with Crippen LogP contribution in [0, 0.1) is 0 Å². The van der Waals surface area contributed by atoms with Gasteiger partial charge in [-0.15, -0.1) is 0 Å². The summed E-state index contributed by atoms with van der Waals surface area (Å²) in [5.74, 6) is 1.34. The first-order valence-corrected chi connectivity index (χ1v) is 10.0. The number of quaternary nitrogens is 1. The number of fused-ring (bicyclic) bond motifs is 1. The van der Waals surface area contributed by atoms with Gasteiger partial charge in [0.15, 0.2) is 6.54 Å². The zero-order chi connectivity index (χ0) is 19.3. The Hall–Kier alpha value is -2.92. The number of H-pyrrole nitrogens is 1. The normalized spacial score (nSPS) is 15.6. The molecule has 1 aliphatic heterocycles. The van der Waals surface area contributed by atoms with Crippen LogP contribution in [0.25, 0.3) is 10.8 Å². The molecule has 3 N–H and O–H groups in total. The molecule has 5 heteroatoms. The number of piperazine rings is 1. The molecule has 2 heterocycles. The van der Waals surface area contributed by atoms with Crippen LogP contribution in [0.4, 0.5) is 5.82 Å². The smallest absolute Gasteiger partial charge is 0.277 e. The minimum atomic E-state index is 0.226. The second kappa shape index (κ2) is 8.40. The summed E-state index contributed by atoms with van der Waals surface area (Å²) < 4.78 is 0. The van der Waals surface area contributed by atoms with Crippen molar-refractivity contribution >= 4 is 22.5 Å². The molecular weight excluding hydrogens is 348 g/mol. The van der Waals surface area contributed by atoms with Crippen molar-refractivity contribution in [3.8, 4) is 0 Å². The Morgan fingerprint density at radius 2 is 1.75 bits per heavy atom.